The first kappa shape index (κ1) is 32.6. The number of benzene rings is 2. The Morgan fingerprint density at radius 1 is 0.881 bits per heavy atom. The third-order valence-electron chi connectivity index (χ3n) is 8.82. The molecule has 0 amide bonds. The van der Waals surface area contributed by atoms with Crippen LogP contribution in [0.25, 0.3) is 0 Å². The summed E-state index contributed by atoms with van der Waals surface area (Å²) in [5, 5.41) is 0.297. The van der Waals surface area contributed by atoms with Crippen molar-refractivity contribution >= 4 is 33.3 Å². The minimum atomic E-state index is -4.91. The summed E-state index contributed by atoms with van der Waals surface area (Å²) in [4.78, 5) is 7.59. The zero-order valence-electron chi connectivity index (χ0n) is 23.9. The Morgan fingerprint density at radius 2 is 1.48 bits per heavy atom. The van der Waals surface area contributed by atoms with Crippen LogP contribution in [0, 0.1) is 5.92 Å². The molecule has 232 valence electrons. The van der Waals surface area contributed by atoms with Crippen molar-refractivity contribution < 1.29 is 26.3 Å². The molecule has 5 rings (SSSR count). The molecule has 0 spiro atoms. The Bertz CT molecular complexity index is 1310. The van der Waals surface area contributed by atoms with Gasteiger partial charge in [-0.3, -0.25) is 0 Å². The number of hydrogen-bond donors (Lipinski definition) is 1. The monoisotopic (exact) mass is 633 g/mol. The van der Waals surface area contributed by atoms with E-state index in [1.54, 1.807) is 6.20 Å². The topological polar surface area (TPSA) is 41.6 Å². The Morgan fingerprint density at radius 3 is 2.00 bits per heavy atom. The number of anilines is 1. The van der Waals surface area contributed by atoms with E-state index in [0.717, 1.165) is 60.6 Å². The number of alkyl halides is 6. The van der Waals surface area contributed by atoms with E-state index in [-0.39, 0.29) is 29.8 Å². The van der Waals surface area contributed by atoms with Crippen LogP contribution in [-0.4, -0.2) is 18.3 Å². The summed E-state index contributed by atoms with van der Waals surface area (Å²) >= 11 is 0. The molecule has 3 nitrogen and oxygen atoms in total. The van der Waals surface area contributed by atoms with Gasteiger partial charge in [0.25, 0.3) is 0 Å². The maximum absolute atomic E-state index is 13.7. The van der Waals surface area contributed by atoms with Gasteiger partial charge in [0.15, 0.2) is 0 Å². The average molecular weight is 634 g/mol. The Labute approximate surface area is 251 Å². The standard InChI is InChI=1S/C31H37F6N3S.ClH/c1-3-40(17-21-7-4-5-8-21)28-14-24-10-6-9-23(24)13-25(28)19-41(20(2)16-39-29(41)38)18-22-11-26(30(32,33)34)15-27(12-22)31(35,36)37;/h11-16,21H,3-10,17-19H2,1-2H3,(H2,38,39);1H. The van der Waals surface area contributed by atoms with E-state index in [1.165, 1.54) is 36.8 Å². The predicted molar refractivity (Wildman–Crippen MR) is 162 cm³/mol. The first-order valence-corrected chi connectivity index (χ1v) is 16.2. The SMILES string of the molecule is CCN(CC1CCCC1)c1cc2c(cc1CS1(Cc3cc(C(F)(F)F)cc(C(F)(F)F)c3)C(C)=CN=C1N)CCC2.Cl. The summed E-state index contributed by atoms with van der Waals surface area (Å²) in [5.74, 6) is 0.998. The molecule has 1 heterocycles. The average Bonchev–Trinajstić information content (AvgIpc) is 3.64. The molecular formula is C31H38ClF6N3S. The summed E-state index contributed by atoms with van der Waals surface area (Å²) in [6.07, 6.45) is -0.281. The Hall–Kier alpha value is -2.33. The minimum absolute atomic E-state index is 0. The van der Waals surface area contributed by atoms with E-state index < -0.39 is 33.5 Å². The highest BCUT2D eigenvalue weighted by Crippen LogP contribution is 2.63. The van der Waals surface area contributed by atoms with Gasteiger partial charge in [-0.25, -0.2) is 4.99 Å². The summed E-state index contributed by atoms with van der Waals surface area (Å²) in [5.41, 5.74) is 8.64. The van der Waals surface area contributed by atoms with Crippen molar-refractivity contribution in [3.05, 3.63) is 74.8 Å². The second kappa shape index (κ2) is 12.3. The highest BCUT2D eigenvalue weighted by Gasteiger charge is 2.40. The first-order valence-electron chi connectivity index (χ1n) is 14.3. The van der Waals surface area contributed by atoms with Gasteiger partial charge in [0.1, 0.15) is 5.17 Å². The number of halogens is 7. The lowest BCUT2D eigenvalue weighted by Gasteiger charge is -2.39. The lowest BCUT2D eigenvalue weighted by molar-refractivity contribution is -0.143. The minimum Gasteiger partial charge on any atom is -0.379 e. The Kier molecular flexibility index (Phi) is 9.58. The number of nitrogens with two attached hydrogens (primary N) is 1. The number of allylic oxidation sites excluding steroid dienone is 1. The predicted octanol–water partition coefficient (Wildman–Crippen LogP) is 9.35. The molecule has 1 fully saturated rings. The van der Waals surface area contributed by atoms with Gasteiger partial charge in [0.05, 0.1) is 11.1 Å². The molecule has 2 N–H and O–H groups in total. The van der Waals surface area contributed by atoms with Gasteiger partial charge in [0.2, 0.25) is 0 Å². The summed E-state index contributed by atoms with van der Waals surface area (Å²) in [7, 11) is -2.23. The Balaban J connectivity index is 0.00000405. The van der Waals surface area contributed by atoms with E-state index in [1.807, 2.05) is 6.92 Å². The van der Waals surface area contributed by atoms with Crippen molar-refractivity contribution in [1.29, 1.82) is 0 Å². The molecule has 0 bridgehead atoms. The van der Waals surface area contributed by atoms with Gasteiger partial charge in [-0.15, -0.1) is 22.4 Å². The van der Waals surface area contributed by atoms with Crippen molar-refractivity contribution in [2.45, 2.75) is 82.7 Å². The summed E-state index contributed by atoms with van der Waals surface area (Å²) in [6, 6.07) is 6.35. The van der Waals surface area contributed by atoms with E-state index in [9.17, 15) is 26.3 Å². The zero-order valence-corrected chi connectivity index (χ0v) is 25.5. The van der Waals surface area contributed by atoms with Crippen LogP contribution in [0.1, 0.15) is 79.3 Å². The molecule has 1 aliphatic heterocycles. The van der Waals surface area contributed by atoms with Crippen molar-refractivity contribution in [3.8, 4) is 0 Å². The fraction of sp³-hybridized carbons (Fsp3) is 0.516. The van der Waals surface area contributed by atoms with Crippen molar-refractivity contribution in [2.24, 2.45) is 16.6 Å². The van der Waals surface area contributed by atoms with E-state index in [0.29, 0.717) is 16.8 Å². The molecule has 11 heteroatoms. The van der Waals surface area contributed by atoms with E-state index >= 15 is 0 Å². The maximum atomic E-state index is 13.7. The molecule has 0 saturated heterocycles. The fourth-order valence-electron chi connectivity index (χ4n) is 6.57. The van der Waals surface area contributed by atoms with Gasteiger partial charge in [-0.05, 0) is 103 Å². The number of nitrogens with zero attached hydrogens (tertiary/aromatic N) is 2. The quantitative estimate of drug-likeness (QED) is 0.294. The smallest absolute Gasteiger partial charge is 0.379 e. The molecule has 42 heavy (non-hydrogen) atoms. The van der Waals surface area contributed by atoms with Crippen LogP contribution < -0.4 is 10.6 Å². The van der Waals surface area contributed by atoms with Crippen LogP contribution in [0.2, 0.25) is 0 Å². The zero-order chi connectivity index (χ0) is 29.6. The third-order valence-corrected chi connectivity index (χ3v) is 12.7. The van der Waals surface area contributed by atoms with Gasteiger partial charge in [-0.1, -0.05) is 18.9 Å². The van der Waals surface area contributed by atoms with Gasteiger partial charge >= 0.3 is 12.4 Å². The molecule has 2 aliphatic carbocycles. The van der Waals surface area contributed by atoms with Crippen LogP contribution in [0.3, 0.4) is 0 Å². The van der Waals surface area contributed by atoms with Crippen LogP contribution >= 0.6 is 22.4 Å². The lowest BCUT2D eigenvalue weighted by atomic mass is 10.0. The van der Waals surface area contributed by atoms with E-state index in [4.69, 9.17) is 5.73 Å². The second-order valence-corrected chi connectivity index (χ2v) is 15.0. The third kappa shape index (κ3) is 6.59. The molecule has 1 unspecified atom stereocenters. The van der Waals surface area contributed by atoms with E-state index in [2.05, 4.69) is 28.9 Å². The van der Waals surface area contributed by atoms with Crippen molar-refractivity contribution in [3.63, 3.8) is 0 Å². The highest BCUT2D eigenvalue weighted by molar-refractivity contribution is 8.47. The first-order chi connectivity index (χ1) is 19.3. The van der Waals surface area contributed by atoms with Gasteiger partial charge in [-0.2, -0.15) is 26.3 Å². The largest absolute Gasteiger partial charge is 0.416 e. The number of fused-ring (bicyclic) bond motifs is 1. The molecule has 0 aromatic heterocycles. The summed E-state index contributed by atoms with van der Waals surface area (Å²) < 4.78 is 82.2. The van der Waals surface area contributed by atoms with Crippen LogP contribution in [-0.2, 0) is 36.7 Å². The molecular weight excluding hydrogens is 596 g/mol. The van der Waals surface area contributed by atoms with Crippen LogP contribution in [0.15, 0.2) is 46.4 Å². The molecule has 0 radical (unpaired) electrons. The van der Waals surface area contributed by atoms with Crippen molar-refractivity contribution in [1.82, 2.24) is 0 Å². The molecule has 3 aliphatic rings. The van der Waals surface area contributed by atoms with Crippen LogP contribution in [0.4, 0.5) is 32.0 Å². The number of aryl methyl sites for hydroxylation is 2. The molecule has 2 aromatic carbocycles. The van der Waals surface area contributed by atoms with Gasteiger partial charge in [0, 0.05) is 36.5 Å². The maximum Gasteiger partial charge on any atom is 0.416 e. The lowest BCUT2D eigenvalue weighted by Crippen LogP contribution is -2.30. The molecule has 1 saturated carbocycles. The number of hydrogen-bond acceptors (Lipinski definition) is 3. The number of aliphatic imine (C=N–C) groups is 1. The molecule has 2 aromatic rings. The highest BCUT2D eigenvalue weighted by atomic mass is 35.5. The van der Waals surface area contributed by atoms with Crippen molar-refractivity contribution in [2.75, 3.05) is 18.0 Å². The second-order valence-electron chi connectivity index (χ2n) is 11.6. The van der Waals surface area contributed by atoms with Crippen LogP contribution in [0.5, 0.6) is 0 Å². The number of rotatable bonds is 8. The summed E-state index contributed by atoms with van der Waals surface area (Å²) in [6.45, 7) is 5.73. The fourth-order valence-corrected chi connectivity index (χ4v) is 9.76. The molecule has 1 atom stereocenters. The number of amidine groups is 1. The normalized spacial score (nSPS) is 22.3. The van der Waals surface area contributed by atoms with Gasteiger partial charge < -0.3 is 10.6 Å².